The first-order valence-electron chi connectivity index (χ1n) is 9.32. The summed E-state index contributed by atoms with van der Waals surface area (Å²) in [6.45, 7) is 2.77. The predicted molar refractivity (Wildman–Crippen MR) is 108 cm³/mol. The fourth-order valence-corrected chi connectivity index (χ4v) is 2.59. The second-order valence-corrected chi connectivity index (χ2v) is 6.84. The van der Waals surface area contributed by atoms with E-state index in [1.165, 1.54) is 0 Å². The van der Waals surface area contributed by atoms with Crippen molar-refractivity contribution in [3.05, 3.63) is 59.7 Å². The summed E-state index contributed by atoms with van der Waals surface area (Å²) in [5.41, 5.74) is 2.88. The van der Waals surface area contributed by atoms with Crippen molar-refractivity contribution in [3.63, 3.8) is 0 Å². The van der Waals surface area contributed by atoms with E-state index >= 15 is 0 Å². The number of nitrogens with one attached hydrogen (secondary N) is 4. The van der Waals surface area contributed by atoms with Gasteiger partial charge in [0, 0.05) is 35.9 Å². The van der Waals surface area contributed by atoms with Crippen molar-refractivity contribution < 1.29 is 14.4 Å². The highest BCUT2D eigenvalue weighted by atomic mass is 16.2. The third-order valence-corrected chi connectivity index (χ3v) is 4.37. The molecule has 4 N–H and O–H groups in total. The number of aryl methyl sites for hydroxylation is 1. The minimum Gasteiger partial charge on any atom is -0.354 e. The van der Waals surface area contributed by atoms with Crippen LogP contribution in [-0.2, 0) is 4.79 Å². The third kappa shape index (κ3) is 5.84. The highest BCUT2D eigenvalue weighted by molar-refractivity contribution is 6.00. The minimum atomic E-state index is -0.354. The van der Waals surface area contributed by atoms with Gasteiger partial charge in [0.05, 0.1) is 0 Å². The van der Waals surface area contributed by atoms with Crippen LogP contribution in [0.25, 0.3) is 0 Å². The fraction of sp³-hybridized carbons (Fsp3) is 0.286. The monoisotopic (exact) mass is 380 g/mol. The smallest absolute Gasteiger partial charge is 0.323 e. The summed E-state index contributed by atoms with van der Waals surface area (Å²) in [5.74, 6) is 0.00358. The molecule has 146 valence electrons. The summed E-state index contributed by atoms with van der Waals surface area (Å²) in [6.07, 6.45) is 1.92. The van der Waals surface area contributed by atoms with E-state index < -0.39 is 0 Å². The molecule has 1 aliphatic rings. The number of anilines is 2. The standard InChI is InChI=1S/C21H24N4O3/c1-14-2-8-17(9-3-14)24-21(28)25-18-10-6-16(7-11-18)20(27)23-13-12-22-19(26)15-4-5-15/h2-3,6-11,15H,4-5,12-13H2,1H3,(H,22,26)(H,23,27)(H2,24,25,28). The number of amides is 4. The van der Waals surface area contributed by atoms with Gasteiger partial charge in [-0.2, -0.15) is 0 Å². The molecule has 0 radical (unpaired) electrons. The Balaban J connectivity index is 1.41. The average molecular weight is 380 g/mol. The number of rotatable bonds is 7. The molecule has 0 heterocycles. The lowest BCUT2D eigenvalue weighted by Gasteiger charge is -2.09. The molecule has 0 bridgehead atoms. The molecule has 7 heteroatoms. The van der Waals surface area contributed by atoms with Crippen LogP contribution in [0.15, 0.2) is 48.5 Å². The molecular formula is C21H24N4O3. The maximum absolute atomic E-state index is 12.1. The van der Waals surface area contributed by atoms with E-state index in [1.807, 2.05) is 31.2 Å². The molecule has 2 aromatic carbocycles. The van der Waals surface area contributed by atoms with Gasteiger partial charge in [-0.1, -0.05) is 17.7 Å². The van der Waals surface area contributed by atoms with E-state index in [2.05, 4.69) is 21.3 Å². The SMILES string of the molecule is Cc1ccc(NC(=O)Nc2ccc(C(=O)NCCNC(=O)C3CC3)cc2)cc1. The Morgan fingerprint density at radius 3 is 1.93 bits per heavy atom. The predicted octanol–water partition coefficient (Wildman–Crippen LogP) is 2.90. The Morgan fingerprint density at radius 1 is 0.821 bits per heavy atom. The third-order valence-electron chi connectivity index (χ3n) is 4.37. The summed E-state index contributed by atoms with van der Waals surface area (Å²) in [5, 5.41) is 11.0. The van der Waals surface area contributed by atoms with Crippen molar-refractivity contribution in [2.75, 3.05) is 23.7 Å². The molecule has 4 amide bonds. The van der Waals surface area contributed by atoms with Crippen LogP contribution < -0.4 is 21.3 Å². The van der Waals surface area contributed by atoms with Gasteiger partial charge in [-0.05, 0) is 56.2 Å². The molecule has 0 spiro atoms. The summed E-state index contributed by atoms with van der Waals surface area (Å²) < 4.78 is 0. The van der Waals surface area contributed by atoms with Crippen molar-refractivity contribution in [2.24, 2.45) is 5.92 Å². The van der Waals surface area contributed by atoms with Crippen LogP contribution in [0.3, 0.4) is 0 Å². The zero-order valence-electron chi connectivity index (χ0n) is 15.7. The Morgan fingerprint density at radius 2 is 1.36 bits per heavy atom. The fourth-order valence-electron chi connectivity index (χ4n) is 2.59. The first-order chi connectivity index (χ1) is 13.5. The van der Waals surface area contributed by atoms with Crippen LogP contribution in [0.2, 0.25) is 0 Å². The number of carbonyl (C=O) groups excluding carboxylic acids is 3. The van der Waals surface area contributed by atoms with Crippen LogP contribution in [-0.4, -0.2) is 30.9 Å². The molecule has 7 nitrogen and oxygen atoms in total. The van der Waals surface area contributed by atoms with E-state index in [-0.39, 0.29) is 23.8 Å². The highest BCUT2D eigenvalue weighted by Gasteiger charge is 2.28. The maximum Gasteiger partial charge on any atom is 0.323 e. The normalized spacial score (nSPS) is 12.8. The summed E-state index contributed by atoms with van der Waals surface area (Å²) in [4.78, 5) is 35.7. The number of benzene rings is 2. The highest BCUT2D eigenvalue weighted by Crippen LogP contribution is 2.28. The van der Waals surface area contributed by atoms with Crippen LogP contribution >= 0.6 is 0 Å². The minimum absolute atomic E-state index is 0.0635. The van der Waals surface area contributed by atoms with E-state index in [0.717, 1.165) is 18.4 Å². The summed E-state index contributed by atoms with van der Waals surface area (Å²) in [6, 6.07) is 13.7. The lowest BCUT2D eigenvalue weighted by atomic mass is 10.2. The lowest BCUT2D eigenvalue weighted by molar-refractivity contribution is -0.122. The molecule has 28 heavy (non-hydrogen) atoms. The van der Waals surface area contributed by atoms with Gasteiger partial charge >= 0.3 is 6.03 Å². The van der Waals surface area contributed by atoms with Crippen molar-refractivity contribution in [3.8, 4) is 0 Å². The van der Waals surface area contributed by atoms with Crippen LogP contribution in [0.1, 0.15) is 28.8 Å². The largest absolute Gasteiger partial charge is 0.354 e. The van der Waals surface area contributed by atoms with Gasteiger partial charge < -0.3 is 21.3 Å². The van der Waals surface area contributed by atoms with Crippen molar-refractivity contribution in [1.82, 2.24) is 10.6 Å². The Bertz CT molecular complexity index is 843. The van der Waals surface area contributed by atoms with Crippen molar-refractivity contribution in [2.45, 2.75) is 19.8 Å². The van der Waals surface area contributed by atoms with Crippen molar-refractivity contribution in [1.29, 1.82) is 0 Å². The number of carbonyl (C=O) groups is 3. The number of urea groups is 1. The van der Waals surface area contributed by atoms with Crippen LogP contribution in [0.5, 0.6) is 0 Å². The molecule has 0 aromatic heterocycles. The van der Waals surface area contributed by atoms with E-state index in [0.29, 0.717) is 30.0 Å². The van der Waals surface area contributed by atoms with Gasteiger partial charge in [0.15, 0.2) is 0 Å². The molecule has 0 atom stereocenters. The molecule has 1 aliphatic carbocycles. The Labute approximate surface area is 163 Å². The van der Waals surface area contributed by atoms with Gasteiger partial charge in [-0.15, -0.1) is 0 Å². The first kappa shape index (κ1) is 19.4. The first-order valence-corrected chi connectivity index (χ1v) is 9.32. The topological polar surface area (TPSA) is 99.3 Å². The zero-order chi connectivity index (χ0) is 19.9. The second kappa shape index (κ2) is 9.03. The van der Waals surface area contributed by atoms with Crippen molar-refractivity contribution >= 4 is 29.2 Å². The average Bonchev–Trinajstić information content (AvgIpc) is 3.52. The molecule has 0 aliphatic heterocycles. The maximum atomic E-state index is 12.1. The van der Waals surface area contributed by atoms with Gasteiger partial charge in [0.25, 0.3) is 5.91 Å². The Kier molecular flexibility index (Phi) is 6.26. The quantitative estimate of drug-likeness (QED) is 0.556. The molecular weight excluding hydrogens is 356 g/mol. The summed E-state index contributed by atoms with van der Waals surface area (Å²) >= 11 is 0. The van der Waals surface area contributed by atoms with E-state index in [4.69, 9.17) is 0 Å². The molecule has 3 rings (SSSR count). The van der Waals surface area contributed by atoms with Gasteiger partial charge in [0.2, 0.25) is 5.91 Å². The van der Waals surface area contributed by atoms with Crippen LogP contribution in [0.4, 0.5) is 16.2 Å². The molecule has 0 saturated heterocycles. The molecule has 1 fully saturated rings. The Hall–Kier alpha value is -3.35. The van der Waals surface area contributed by atoms with Crippen LogP contribution in [0, 0.1) is 12.8 Å². The second-order valence-electron chi connectivity index (χ2n) is 6.84. The summed E-state index contributed by atoms with van der Waals surface area (Å²) in [7, 11) is 0. The van der Waals surface area contributed by atoms with Gasteiger partial charge in [-0.3, -0.25) is 9.59 Å². The molecule has 0 unspecified atom stereocenters. The molecule has 2 aromatic rings. The number of hydrogen-bond donors (Lipinski definition) is 4. The number of hydrogen-bond acceptors (Lipinski definition) is 3. The van der Waals surface area contributed by atoms with E-state index in [9.17, 15) is 14.4 Å². The zero-order valence-corrected chi connectivity index (χ0v) is 15.7. The van der Waals surface area contributed by atoms with Gasteiger partial charge in [0.1, 0.15) is 0 Å². The lowest BCUT2D eigenvalue weighted by Crippen LogP contribution is -2.35. The van der Waals surface area contributed by atoms with E-state index in [1.54, 1.807) is 24.3 Å². The molecule has 1 saturated carbocycles. The van der Waals surface area contributed by atoms with Gasteiger partial charge in [-0.25, -0.2) is 4.79 Å².